The van der Waals surface area contributed by atoms with Crippen molar-refractivity contribution in [2.45, 2.75) is 39.0 Å². The highest BCUT2D eigenvalue weighted by Crippen LogP contribution is 2.28. The van der Waals surface area contributed by atoms with Crippen molar-refractivity contribution in [3.63, 3.8) is 0 Å². The van der Waals surface area contributed by atoms with E-state index in [1.165, 1.54) is 12.1 Å². The molecule has 1 fully saturated rings. The number of piperidine rings is 1. The lowest BCUT2D eigenvalue weighted by atomic mass is 9.92. The van der Waals surface area contributed by atoms with Crippen LogP contribution in [0.3, 0.4) is 0 Å². The molecule has 0 bridgehead atoms. The Morgan fingerprint density at radius 3 is 2.70 bits per heavy atom. The van der Waals surface area contributed by atoms with Gasteiger partial charge in [0.05, 0.1) is 0 Å². The number of pyridine rings is 2. The molecule has 5 rings (SSSR count). The SMILES string of the molecule is Cc1ccn2cc(C(=O)N3CCC[C@H](c4cc(Cc5ccc(F)cc5)cc(C)n4)C3)nc2c1. The van der Waals surface area contributed by atoms with Gasteiger partial charge >= 0.3 is 0 Å². The molecule has 5 nitrogen and oxygen atoms in total. The maximum Gasteiger partial charge on any atom is 0.274 e. The van der Waals surface area contributed by atoms with Gasteiger partial charge in [0.25, 0.3) is 5.91 Å². The zero-order valence-corrected chi connectivity index (χ0v) is 19.0. The molecule has 3 aromatic heterocycles. The molecule has 1 atom stereocenters. The summed E-state index contributed by atoms with van der Waals surface area (Å²) in [5, 5.41) is 0. The minimum absolute atomic E-state index is 0.0276. The zero-order valence-electron chi connectivity index (χ0n) is 19.0. The van der Waals surface area contributed by atoms with E-state index in [2.05, 4.69) is 17.1 Å². The third-order valence-corrected chi connectivity index (χ3v) is 6.32. The number of rotatable bonds is 4. The molecule has 0 unspecified atom stereocenters. The van der Waals surface area contributed by atoms with Gasteiger partial charge in [-0.2, -0.15) is 0 Å². The minimum Gasteiger partial charge on any atom is -0.337 e. The lowest BCUT2D eigenvalue weighted by Crippen LogP contribution is -2.39. The molecule has 0 aliphatic carbocycles. The highest BCUT2D eigenvalue weighted by molar-refractivity contribution is 5.93. The van der Waals surface area contributed by atoms with Crippen LogP contribution in [0, 0.1) is 19.7 Å². The van der Waals surface area contributed by atoms with Crippen LogP contribution < -0.4 is 0 Å². The molecule has 0 radical (unpaired) electrons. The van der Waals surface area contributed by atoms with Crippen molar-refractivity contribution in [1.82, 2.24) is 19.3 Å². The molecule has 1 aromatic carbocycles. The summed E-state index contributed by atoms with van der Waals surface area (Å²) in [6.07, 6.45) is 6.41. The fraction of sp³-hybridized carbons (Fsp3) is 0.296. The molecule has 33 heavy (non-hydrogen) atoms. The Morgan fingerprint density at radius 2 is 1.88 bits per heavy atom. The maximum absolute atomic E-state index is 13.3. The molecule has 4 heterocycles. The molecule has 1 amide bonds. The second kappa shape index (κ2) is 8.77. The number of benzene rings is 1. The Balaban J connectivity index is 1.35. The number of aromatic nitrogens is 3. The lowest BCUT2D eigenvalue weighted by molar-refractivity contribution is 0.0700. The monoisotopic (exact) mass is 442 g/mol. The Kier molecular flexibility index (Phi) is 5.67. The quantitative estimate of drug-likeness (QED) is 0.442. The van der Waals surface area contributed by atoms with Crippen LogP contribution >= 0.6 is 0 Å². The third kappa shape index (κ3) is 4.65. The smallest absolute Gasteiger partial charge is 0.274 e. The lowest BCUT2D eigenvalue weighted by Gasteiger charge is -2.32. The van der Waals surface area contributed by atoms with Crippen molar-refractivity contribution in [2.24, 2.45) is 0 Å². The van der Waals surface area contributed by atoms with Crippen LogP contribution in [0.4, 0.5) is 4.39 Å². The highest BCUT2D eigenvalue weighted by atomic mass is 19.1. The summed E-state index contributed by atoms with van der Waals surface area (Å²) in [5.41, 5.74) is 6.60. The van der Waals surface area contributed by atoms with Gasteiger partial charge in [-0.15, -0.1) is 0 Å². The van der Waals surface area contributed by atoms with Crippen LogP contribution in [0.1, 0.15) is 57.3 Å². The van der Waals surface area contributed by atoms with E-state index in [1.54, 1.807) is 0 Å². The summed E-state index contributed by atoms with van der Waals surface area (Å²) in [6.45, 7) is 5.39. The second-order valence-corrected chi connectivity index (χ2v) is 9.03. The van der Waals surface area contributed by atoms with Gasteiger partial charge in [-0.05, 0) is 86.2 Å². The summed E-state index contributed by atoms with van der Waals surface area (Å²) in [7, 11) is 0. The van der Waals surface area contributed by atoms with Crippen LogP contribution in [-0.4, -0.2) is 38.3 Å². The topological polar surface area (TPSA) is 50.5 Å². The third-order valence-electron chi connectivity index (χ3n) is 6.32. The number of aryl methyl sites for hydroxylation is 2. The van der Waals surface area contributed by atoms with Crippen LogP contribution in [-0.2, 0) is 6.42 Å². The second-order valence-electron chi connectivity index (χ2n) is 9.03. The van der Waals surface area contributed by atoms with E-state index in [-0.39, 0.29) is 17.6 Å². The number of hydrogen-bond acceptors (Lipinski definition) is 3. The molecule has 1 aliphatic rings. The van der Waals surface area contributed by atoms with Gasteiger partial charge in [0.15, 0.2) is 0 Å². The van der Waals surface area contributed by atoms with Crippen molar-refractivity contribution in [3.8, 4) is 0 Å². The minimum atomic E-state index is -0.224. The first kappa shape index (κ1) is 21.3. The first-order valence-corrected chi connectivity index (χ1v) is 11.4. The fourth-order valence-corrected chi connectivity index (χ4v) is 4.67. The number of hydrogen-bond donors (Lipinski definition) is 0. The van der Waals surface area contributed by atoms with Gasteiger partial charge in [0.2, 0.25) is 0 Å². The Morgan fingerprint density at radius 1 is 1.06 bits per heavy atom. The van der Waals surface area contributed by atoms with Crippen molar-refractivity contribution in [3.05, 3.63) is 101 Å². The number of likely N-dealkylation sites (tertiary alicyclic amines) is 1. The van der Waals surface area contributed by atoms with Gasteiger partial charge in [-0.3, -0.25) is 9.78 Å². The van der Waals surface area contributed by atoms with Crippen LogP contribution in [0.25, 0.3) is 5.65 Å². The average molecular weight is 443 g/mol. The fourth-order valence-electron chi connectivity index (χ4n) is 4.67. The number of carbonyl (C=O) groups is 1. The first-order valence-electron chi connectivity index (χ1n) is 11.4. The predicted molar refractivity (Wildman–Crippen MR) is 126 cm³/mol. The van der Waals surface area contributed by atoms with E-state index in [0.717, 1.165) is 59.5 Å². The van der Waals surface area contributed by atoms with Gasteiger partial charge in [-0.1, -0.05) is 12.1 Å². The van der Waals surface area contributed by atoms with Gasteiger partial charge in [0.1, 0.15) is 17.2 Å². The largest absolute Gasteiger partial charge is 0.337 e. The molecule has 6 heteroatoms. The number of amides is 1. The Hall–Kier alpha value is -3.54. The molecule has 0 N–H and O–H groups in total. The number of imidazole rings is 1. The van der Waals surface area contributed by atoms with Crippen LogP contribution in [0.15, 0.2) is 60.9 Å². The van der Waals surface area contributed by atoms with Gasteiger partial charge in [0, 0.05) is 42.8 Å². The van der Waals surface area contributed by atoms with E-state index in [4.69, 9.17) is 4.98 Å². The Bertz CT molecular complexity index is 1310. The van der Waals surface area contributed by atoms with E-state index in [0.29, 0.717) is 12.2 Å². The van der Waals surface area contributed by atoms with Gasteiger partial charge in [-0.25, -0.2) is 9.37 Å². The first-order chi connectivity index (χ1) is 15.9. The molecular weight excluding hydrogens is 415 g/mol. The molecule has 168 valence electrons. The number of nitrogens with zero attached hydrogens (tertiary/aromatic N) is 4. The van der Waals surface area contributed by atoms with E-state index < -0.39 is 0 Å². The molecular formula is C27H27FN4O. The molecule has 0 spiro atoms. The maximum atomic E-state index is 13.3. The van der Waals surface area contributed by atoms with Crippen LogP contribution in [0.5, 0.6) is 0 Å². The average Bonchev–Trinajstić information content (AvgIpc) is 3.23. The van der Waals surface area contributed by atoms with E-state index in [1.807, 2.05) is 59.8 Å². The molecule has 1 saturated heterocycles. The predicted octanol–water partition coefficient (Wildman–Crippen LogP) is 5.10. The van der Waals surface area contributed by atoms with E-state index in [9.17, 15) is 9.18 Å². The molecule has 4 aromatic rings. The summed E-state index contributed by atoms with van der Waals surface area (Å²) in [5.74, 6) is -0.0628. The van der Waals surface area contributed by atoms with Crippen molar-refractivity contribution >= 4 is 11.6 Å². The highest BCUT2D eigenvalue weighted by Gasteiger charge is 2.28. The van der Waals surface area contributed by atoms with Crippen LogP contribution in [0.2, 0.25) is 0 Å². The van der Waals surface area contributed by atoms with Crippen molar-refractivity contribution in [1.29, 1.82) is 0 Å². The van der Waals surface area contributed by atoms with Crippen molar-refractivity contribution < 1.29 is 9.18 Å². The zero-order chi connectivity index (χ0) is 22.9. The normalized spacial score (nSPS) is 16.3. The van der Waals surface area contributed by atoms with Crippen molar-refractivity contribution in [2.75, 3.05) is 13.1 Å². The number of carbonyl (C=O) groups excluding carboxylic acids is 1. The Labute approximate surface area is 192 Å². The number of halogens is 1. The van der Waals surface area contributed by atoms with Gasteiger partial charge < -0.3 is 9.30 Å². The summed E-state index contributed by atoms with van der Waals surface area (Å²) < 4.78 is 15.1. The standard InChI is InChI=1S/C27H27FN4O/c1-18-9-11-31-17-25(30-26(31)12-18)27(33)32-10-3-4-22(16-32)24-15-21(13-19(2)29-24)14-20-5-7-23(28)8-6-20/h5-9,11-13,15,17,22H,3-4,10,14,16H2,1-2H3/t22-/m0/s1. The summed E-state index contributed by atoms with van der Waals surface area (Å²) >= 11 is 0. The summed E-state index contributed by atoms with van der Waals surface area (Å²) in [6, 6.07) is 14.8. The molecule has 0 saturated carbocycles. The number of fused-ring (bicyclic) bond motifs is 1. The molecule has 1 aliphatic heterocycles. The van der Waals surface area contributed by atoms with E-state index >= 15 is 0 Å². The summed E-state index contributed by atoms with van der Waals surface area (Å²) in [4.78, 5) is 24.5.